The van der Waals surface area contributed by atoms with Crippen molar-refractivity contribution in [2.75, 3.05) is 22.4 Å². The number of nitrogens with one attached hydrogen (secondary N) is 1. The third kappa shape index (κ3) is 6.80. The number of aryl methyl sites for hydroxylation is 1. The molecule has 2 aromatic carbocycles. The number of sulfonamides is 1. The molecule has 6 nitrogen and oxygen atoms in total. The lowest BCUT2D eigenvalue weighted by molar-refractivity contribution is -0.116. The predicted molar refractivity (Wildman–Crippen MR) is 130 cm³/mol. The lowest BCUT2D eigenvalue weighted by Gasteiger charge is -2.24. The molecule has 0 unspecified atom stereocenters. The van der Waals surface area contributed by atoms with E-state index in [0.29, 0.717) is 22.8 Å². The Balaban J connectivity index is 1.54. The molecule has 0 aliphatic heterocycles. The maximum atomic E-state index is 12.4. The number of halogens is 1. The molecule has 1 aromatic heterocycles. The molecule has 0 spiro atoms. The summed E-state index contributed by atoms with van der Waals surface area (Å²) in [6.07, 6.45) is 6.08. The van der Waals surface area contributed by atoms with Gasteiger partial charge in [0.05, 0.1) is 11.9 Å². The third-order valence-corrected chi connectivity index (χ3v) is 6.40. The smallest absolute Gasteiger partial charge is 0.232 e. The van der Waals surface area contributed by atoms with Gasteiger partial charge in [-0.25, -0.2) is 8.42 Å². The lowest BCUT2D eigenvalue weighted by atomic mass is 10.1. The Morgan fingerprint density at radius 3 is 2.31 bits per heavy atom. The summed E-state index contributed by atoms with van der Waals surface area (Å²) < 4.78 is 25.9. The van der Waals surface area contributed by atoms with Crippen LogP contribution in [0.3, 0.4) is 0 Å². The van der Waals surface area contributed by atoms with E-state index in [9.17, 15) is 13.2 Å². The number of pyridine rings is 1. The number of carbonyl (C=O) groups is 1. The summed E-state index contributed by atoms with van der Waals surface area (Å²) in [4.78, 5) is 16.4. The van der Waals surface area contributed by atoms with Crippen LogP contribution in [-0.4, -0.2) is 32.1 Å². The number of amides is 1. The summed E-state index contributed by atoms with van der Waals surface area (Å²) in [5, 5.41) is 3.42. The number of aromatic nitrogens is 1. The standard InChI is InChI=1S/C24H26ClN3O3S/c1-18-16-21(25)7-10-23(18)28(32(2,30)31)15-3-4-24(29)27-22-8-5-19(6-9-22)17-20-11-13-26-14-12-20/h5-14,16H,3-4,15,17H2,1-2H3,(H,27,29). The Morgan fingerprint density at radius 2 is 1.69 bits per heavy atom. The van der Waals surface area contributed by atoms with Gasteiger partial charge < -0.3 is 5.32 Å². The summed E-state index contributed by atoms with van der Waals surface area (Å²) in [7, 11) is -3.49. The molecule has 3 aromatic rings. The Hall–Kier alpha value is -2.90. The number of anilines is 2. The molecule has 0 radical (unpaired) electrons. The zero-order valence-electron chi connectivity index (χ0n) is 18.1. The fraction of sp³-hybridized carbons (Fsp3) is 0.250. The number of rotatable bonds is 9. The van der Waals surface area contributed by atoms with Crippen LogP contribution in [0.5, 0.6) is 0 Å². The Morgan fingerprint density at radius 1 is 1.03 bits per heavy atom. The largest absolute Gasteiger partial charge is 0.326 e. The SMILES string of the molecule is Cc1cc(Cl)ccc1N(CCCC(=O)Nc1ccc(Cc2ccncc2)cc1)S(C)(=O)=O. The first-order valence-electron chi connectivity index (χ1n) is 10.2. The van der Waals surface area contributed by atoms with Gasteiger partial charge in [0, 0.05) is 36.1 Å². The fourth-order valence-electron chi connectivity index (χ4n) is 3.41. The van der Waals surface area contributed by atoms with Crippen molar-refractivity contribution < 1.29 is 13.2 Å². The van der Waals surface area contributed by atoms with E-state index in [2.05, 4.69) is 10.3 Å². The number of benzene rings is 2. The van der Waals surface area contributed by atoms with Gasteiger partial charge in [-0.1, -0.05) is 23.7 Å². The van der Waals surface area contributed by atoms with Crippen LogP contribution in [0, 0.1) is 6.92 Å². The van der Waals surface area contributed by atoms with Gasteiger partial charge in [0.15, 0.2) is 0 Å². The molecule has 0 saturated carbocycles. The quantitative estimate of drug-likeness (QED) is 0.485. The Labute approximate surface area is 194 Å². The van der Waals surface area contributed by atoms with Gasteiger partial charge >= 0.3 is 0 Å². The second-order valence-electron chi connectivity index (χ2n) is 7.65. The van der Waals surface area contributed by atoms with E-state index in [0.717, 1.165) is 23.8 Å². The van der Waals surface area contributed by atoms with Crippen LogP contribution in [0.2, 0.25) is 5.02 Å². The van der Waals surface area contributed by atoms with Gasteiger partial charge in [0.2, 0.25) is 15.9 Å². The minimum absolute atomic E-state index is 0.159. The zero-order valence-corrected chi connectivity index (χ0v) is 19.7. The van der Waals surface area contributed by atoms with Crippen LogP contribution >= 0.6 is 11.6 Å². The molecule has 0 aliphatic rings. The van der Waals surface area contributed by atoms with Crippen LogP contribution in [-0.2, 0) is 21.2 Å². The van der Waals surface area contributed by atoms with Crippen molar-refractivity contribution >= 4 is 38.9 Å². The highest BCUT2D eigenvalue weighted by molar-refractivity contribution is 7.92. The lowest BCUT2D eigenvalue weighted by Crippen LogP contribution is -2.32. The van der Waals surface area contributed by atoms with E-state index >= 15 is 0 Å². The summed E-state index contributed by atoms with van der Waals surface area (Å²) in [5.74, 6) is -0.159. The summed E-state index contributed by atoms with van der Waals surface area (Å²) >= 11 is 5.99. The highest BCUT2D eigenvalue weighted by Crippen LogP contribution is 2.26. The Bertz CT molecular complexity index is 1170. The number of nitrogens with zero attached hydrogens (tertiary/aromatic N) is 2. The highest BCUT2D eigenvalue weighted by atomic mass is 35.5. The average Bonchev–Trinajstić information content (AvgIpc) is 2.73. The maximum absolute atomic E-state index is 12.4. The molecule has 0 fully saturated rings. The van der Waals surface area contributed by atoms with E-state index < -0.39 is 10.0 Å². The molecule has 3 rings (SSSR count). The molecule has 1 N–H and O–H groups in total. The minimum Gasteiger partial charge on any atom is -0.326 e. The van der Waals surface area contributed by atoms with Crippen LogP contribution in [0.15, 0.2) is 67.0 Å². The molecule has 0 aliphatic carbocycles. The molecule has 0 saturated heterocycles. The van der Waals surface area contributed by atoms with Crippen molar-refractivity contribution in [2.45, 2.75) is 26.2 Å². The van der Waals surface area contributed by atoms with Crippen LogP contribution in [0.4, 0.5) is 11.4 Å². The fourth-order valence-corrected chi connectivity index (χ4v) is 4.66. The summed E-state index contributed by atoms with van der Waals surface area (Å²) in [6, 6.07) is 16.7. The topological polar surface area (TPSA) is 79.4 Å². The van der Waals surface area contributed by atoms with Crippen molar-refractivity contribution in [1.82, 2.24) is 4.98 Å². The predicted octanol–water partition coefficient (Wildman–Crippen LogP) is 4.82. The van der Waals surface area contributed by atoms with E-state index in [1.807, 2.05) is 43.3 Å². The van der Waals surface area contributed by atoms with E-state index in [4.69, 9.17) is 11.6 Å². The number of hydrogen-bond donors (Lipinski definition) is 1. The van der Waals surface area contributed by atoms with Gasteiger partial charge in [-0.05, 0) is 78.9 Å². The molecule has 8 heteroatoms. The molecule has 0 atom stereocenters. The highest BCUT2D eigenvalue weighted by Gasteiger charge is 2.19. The normalized spacial score (nSPS) is 11.2. The molecular weight excluding hydrogens is 446 g/mol. The number of carbonyl (C=O) groups excluding carboxylic acids is 1. The van der Waals surface area contributed by atoms with Gasteiger partial charge in [-0.15, -0.1) is 0 Å². The van der Waals surface area contributed by atoms with Crippen molar-refractivity contribution in [2.24, 2.45) is 0 Å². The molecule has 1 heterocycles. The van der Waals surface area contributed by atoms with E-state index in [1.54, 1.807) is 30.6 Å². The molecule has 168 valence electrons. The maximum Gasteiger partial charge on any atom is 0.232 e. The average molecular weight is 472 g/mol. The van der Waals surface area contributed by atoms with Crippen molar-refractivity contribution in [3.63, 3.8) is 0 Å². The van der Waals surface area contributed by atoms with Crippen molar-refractivity contribution in [3.05, 3.63) is 88.7 Å². The van der Waals surface area contributed by atoms with Gasteiger partial charge in [-0.2, -0.15) is 0 Å². The first kappa shape index (κ1) is 23.8. The van der Waals surface area contributed by atoms with E-state index in [1.165, 1.54) is 9.87 Å². The second kappa shape index (κ2) is 10.6. The van der Waals surface area contributed by atoms with E-state index in [-0.39, 0.29) is 18.9 Å². The number of hydrogen-bond acceptors (Lipinski definition) is 4. The molecule has 0 bridgehead atoms. The molecule has 1 amide bonds. The van der Waals surface area contributed by atoms with Crippen LogP contribution < -0.4 is 9.62 Å². The minimum atomic E-state index is -3.49. The van der Waals surface area contributed by atoms with Crippen LogP contribution in [0.1, 0.15) is 29.5 Å². The van der Waals surface area contributed by atoms with Gasteiger partial charge in [-0.3, -0.25) is 14.1 Å². The molecular formula is C24H26ClN3O3S. The first-order valence-corrected chi connectivity index (χ1v) is 12.5. The van der Waals surface area contributed by atoms with Crippen molar-refractivity contribution in [1.29, 1.82) is 0 Å². The Kier molecular flexibility index (Phi) is 7.88. The monoisotopic (exact) mass is 471 g/mol. The third-order valence-electron chi connectivity index (χ3n) is 4.99. The summed E-state index contributed by atoms with van der Waals surface area (Å²) in [6.45, 7) is 2.02. The second-order valence-corrected chi connectivity index (χ2v) is 9.99. The van der Waals surface area contributed by atoms with Gasteiger partial charge in [0.25, 0.3) is 0 Å². The van der Waals surface area contributed by atoms with Crippen LogP contribution in [0.25, 0.3) is 0 Å². The molecule has 32 heavy (non-hydrogen) atoms. The first-order chi connectivity index (χ1) is 15.2. The summed E-state index contributed by atoms with van der Waals surface area (Å²) in [5.41, 5.74) is 4.35. The van der Waals surface area contributed by atoms with Crippen molar-refractivity contribution in [3.8, 4) is 0 Å². The zero-order chi connectivity index (χ0) is 23.1. The van der Waals surface area contributed by atoms with Gasteiger partial charge in [0.1, 0.15) is 0 Å².